The highest BCUT2D eigenvalue weighted by atomic mass is 32.1. The van der Waals surface area contributed by atoms with Crippen molar-refractivity contribution in [3.8, 4) is 0 Å². The van der Waals surface area contributed by atoms with E-state index in [1.54, 1.807) is 0 Å². The molecule has 0 aliphatic heterocycles. The molecule has 0 saturated carbocycles. The maximum atomic E-state index is 5.14. The molecule has 0 radical (unpaired) electrons. The average molecular weight is 294 g/mol. The summed E-state index contributed by atoms with van der Waals surface area (Å²) in [5.74, 6) is 0. The molecule has 102 valence electrons. The van der Waals surface area contributed by atoms with E-state index >= 15 is 0 Å². The third-order valence-electron chi connectivity index (χ3n) is 2.12. The lowest BCUT2D eigenvalue weighted by Crippen LogP contribution is -2.48. The maximum absolute atomic E-state index is 5.14. The van der Waals surface area contributed by atoms with Crippen LogP contribution in [0.5, 0.6) is 0 Å². The van der Waals surface area contributed by atoms with E-state index in [-0.39, 0.29) is 0 Å². The van der Waals surface area contributed by atoms with Gasteiger partial charge in [0.05, 0.1) is 0 Å². The molecule has 0 aliphatic rings. The van der Waals surface area contributed by atoms with Crippen LogP contribution >= 0.6 is 24.4 Å². The van der Waals surface area contributed by atoms with Crippen LogP contribution in [0.4, 0.5) is 5.69 Å². The predicted molar refractivity (Wildman–Crippen MR) is 89.1 cm³/mol. The van der Waals surface area contributed by atoms with E-state index in [2.05, 4.69) is 28.1 Å². The molecule has 6 heteroatoms. The van der Waals surface area contributed by atoms with Gasteiger partial charge in [0.25, 0.3) is 0 Å². The van der Waals surface area contributed by atoms with Crippen molar-refractivity contribution in [2.24, 2.45) is 0 Å². The van der Waals surface area contributed by atoms with Gasteiger partial charge < -0.3 is 10.6 Å². The predicted octanol–water partition coefficient (Wildman–Crippen LogP) is 2.24. The number of nitrogens with one attached hydrogen (secondary N) is 4. The van der Waals surface area contributed by atoms with Gasteiger partial charge in [-0.15, -0.1) is 0 Å². The molecule has 0 amide bonds. The fourth-order valence-electron chi connectivity index (χ4n) is 1.27. The Morgan fingerprint density at radius 2 is 1.89 bits per heavy atom. The third-order valence-corrected chi connectivity index (χ3v) is 2.57. The van der Waals surface area contributed by atoms with E-state index in [9.17, 15) is 0 Å². The molecular formula is C13H18N4S2. The molecule has 1 rings (SSSR count). The molecule has 0 spiro atoms. The fraction of sp³-hybridized carbons (Fsp3) is 0.231. The highest BCUT2D eigenvalue weighted by Crippen LogP contribution is 2.08. The van der Waals surface area contributed by atoms with E-state index in [0.717, 1.165) is 11.3 Å². The number of hydrogen-bond acceptors (Lipinski definition) is 2. The van der Waals surface area contributed by atoms with Crippen LogP contribution in [0, 0.1) is 6.92 Å². The largest absolute Gasteiger partial charge is 0.358 e. The van der Waals surface area contributed by atoms with Crippen molar-refractivity contribution in [3.05, 3.63) is 42.0 Å². The second-order valence-electron chi connectivity index (χ2n) is 4.21. The monoisotopic (exact) mass is 294 g/mol. The Morgan fingerprint density at radius 1 is 1.21 bits per heavy atom. The lowest BCUT2D eigenvalue weighted by Gasteiger charge is -2.14. The lowest BCUT2D eigenvalue weighted by molar-refractivity contribution is 0.831. The van der Waals surface area contributed by atoms with Gasteiger partial charge in [-0.1, -0.05) is 24.3 Å². The molecule has 4 N–H and O–H groups in total. The Balaban J connectivity index is 2.32. The summed E-state index contributed by atoms with van der Waals surface area (Å²) in [4.78, 5) is 0. The number of anilines is 1. The quantitative estimate of drug-likeness (QED) is 0.390. The van der Waals surface area contributed by atoms with Crippen molar-refractivity contribution in [1.82, 2.24) is 16.2 Å². The zero-order valence-corrected chi connectivity index (χ0v) is 12.7. The Kier molecular flexibility index (Phi) is 6.24. The van der Waals surface area contributed by atoms with E-state index in [4.69, 9.17) is 24.4 Å². The molecule has 0 aliphatic carbocycles. The summed E-state index contributed by atoms with van der Waals surface area (Å²) < 4.78 is 0. The molecule has 1 aromatic rings. The van der Waals surface area contributed by atoms with Gasteiger partial charge in [-0.2, -0.15) is 0 Å². The van der Waals surface area contributed by atoms with Crippen LogP contribution in [-0.2, 0) is 0 Å². The van der Waals surface area contributed by atoms with Crippen molar-refractivity contribution in [2.75, 3.05) is 11.9 Å². The van der Waals surface area contributed by atoms with Crippen molar-refractivity contribution in [1.29, 1.82) is 0 Å². The number of rotatable bonds is 3. The van der Waals surface area contributed by atoms with Crippen molar-refractivity contribution < 1.29 is 0 Å². The van der Waals surface area contributed by atoms with Crippen LogP contribution in [0.2, 0.25) is 0 Å². The molecule has 4 nitrogen and oxygen atoms in total. The van der Waals surface area contributed by atoms with Gasteiger partial charge >= 0.3 is 0 Å². The maximum Gasteiger partial charge on any atom is 0.189 e. The summed E-state index contributed by atoms with van der Waals surface area (Å²) in [6.45, 7) is 8.36. The summed E-state index contributed by atoms with van der Waals surface area (Å²) in [6.07, 6.45) is 0. The van der Waals surface area contributed by atoms with Crippen LogP contribution in [0.15, 0.2) is 36.4 Å². The number of thiocarbonyl (C=S) groups is 2. The van der Waals surface area contributed by atoms with Crippen LogP contribution < -0.4 is 21.5 Å². The van der Waals surface area contributed by atoms with Crippen LogP contribution in [-0.4, -0.2) is 16.8 Å². The molecule has 0 unspecified atom stereocenters. The zero-order valence-electron chi connectivity index (χ0n) is 11.0. The van der Waals surface area contributed by atoms with Crippen molar-refractivity contribution in [3.63, 3.8) is 0 Å². The van der Waals surface area contributed by atoms with Crippen molar-refractivity contribution in [2.45, 2.75) is 13.8 Å². The first-order chi connectivity index (χ1) is 8.97. The zero-order chi connectivity index (χ0) is 14.3. The first-order valence-electron chi connectivity index (χ1n) is 5.79. The smallest absolute Gasteiger partial charge is 0.189 e. The number of aryl methyl sites for hydroxylation is 1. The van der Waals surface area contributed by atoms with E-state index < -0.39 is 0 Å². The minimum absolute atomic E-state index is 0.449. The van der Waals surface area contributed by atoms with Crippen LogP contribution in [0.3, 0.4) is 0 Å². The molecule has 0 atom stereocenters. The van der Waals surface area contributed by atoms with Gasteiger partial charge in [0.2, 0.25) is 0 Å². The minimum atomic E-state index is 0.449. The first kappa shape index (κ1) is 15.4. The van der Waals surface area contributed by atoms with Gasteiger partial charge in [-0.05, 0) is 56.0 Å². The second-order valence-corrected chi connectivity index (χ2v) is 5.03. The SMILES string of the molecule is C=C(C)CNC(=S)NNC(=S)Nc1cccc(C)c1. The number of hydrogen-bond donors (Lipinski definition) is 4. The molecular weight excluding hydrogens is 276 g/mol. The molecule has 0 saturated heterocycles. The van der Waals surface area contributed by atoms with E-state index in [1.165, 1.54) is 5.56 Å². The topological polar surface area (TPSA) is 48.1 Å². The Labute approximate surface area is 124 Å². The highest BCUT2D eigenvalue weighted by Gasteiger charge is 1.99. The summed E-state index contributed by atoms with van der Waals surface area (Å²) in [5, 5.41) is 6.96. The van der Waals surface area contributed by atoms with E-state index in [0.29, 0.717) is 16.8 Å². The molecule has 0 aromatic heterocycles. The Morgan fingerprint density at radius 3 is 2.53 bits per heavy atom. The Hall–Kier alpha value is -1.66. The standard InChI is InChI=1S/C13H18N4S2/c1-9(2)8-14-12(18)16-17-13(19)15-11-6-4-5-10(3)7-11/h4-7H,1,8H2,2-3H3,(H2,14,16,18)(H2,15,17,19). The Bertz CT molecular complexity index is 485. The highest BCUT2D eigenvalue weighted by molar-refractivity contribution is 7.80. The first-order valence-corrected chi connectivity index (χ1v) is 6.61. The third kappa shape index (κ3) is 6.73. The van der Waals surface area contributed by atoms with Gasteiger partial charge in [0.1, 0.15) is 0 Å². The molecule has 0 fully saturated rings. The average Bonchev–Trinajstić information content (AvgIpc) is 2.34. The summed E-state index contributed by atoms with van der Waals surface area (Å²) in [5.41, 5.74) is 8.71. The lowest BCUT2D eigenvalue weighted by atomic mass is 10.2. The molecule has 0 bridgehead atoms. The van der Waals surface area contributed by atoms with Gasteiger partial charge in [-0.25, -0.2) is 0 Å². The molecule has 1 aromatic carbocycles. The number of hydrazine groups is 1. The van der Waals surface area contributed by atoms with Crippen molar-refractivity contribution >= 4 is 40.3 Å². The van der Waals surface area contributed by atoms with Gasteiger partial charge in [0.15, 0.2) is 10.2 Å². The second kappa shape index (κ2) is 7.70. The minimum Gasteiger partial charge on any atom is -0.358 e. The van der Waals surface area contributed by atoms with Gasteiger partial charge in [-0.3, -0.25) is 10.9 Å². The summed E-state index contributed by atoms with van der Waals surface area (Å²) in [7, 11) is 0. The van der Waals surface area contributed by atoms with E-state index in [1.807, 2.05) is 38.1 Å². The molecule has 0 heterocycles. The van der Waals surface area contributed by atoms with Crippen LogP contribution in [0.1, 0.15) is 12.5 Å². The molecule has 19 heavy (non-hydrogen) atoms. The van der Waals surface area contributed by atoms with Crippen LogP contribution in [0.25, 0.3) is 0 Å². The summed E-state index contributed by atoms with van der Waals surface area (Å²) in [6, 6.07) is 7.94. The normalized spacial score (nSPS) is 9.37. The fourth-order valence-corrected chi connectivity index (χ4v) is 1.57. The summed E-state index contributed by atoms with van der Waals surface area (Å²) >= 11 is 10.2. The number of benzene rings is 1. The van der Waals surface area contributed by atoms with Gasteiger partial charge in [0, 0.05) is 12.2 Å².